The van der Waals surface area contributed by atoms with E-state index in [1.807, 2.05) is 55.5 Å². The highest BCUT2D eigenvalue weighted by molar-refractivity contribution is 9.10. The molecule has 0 amide bonds. The van der Waals surface area contributed by atoms with Gasteiger partial charge in [0.25, 0.3) is 0 Å². The van der Waals surface area contributed by atoms with E-state index < -0.39 is 0 Å². The highest BCUT2D eigenvalue weighted by Gasteiger charge is 2.06. The maximum atomic E-state index is 6.03. The number of nitrogens with zero attached hydrogens (tertiary/aromatic N) is 1. The molecule has 0 radical (unpaired) electrons. The van der Waals surface area contributed by atoms with Crippen molar-refractivity contribution in [3.8, 4) is 11.5 Å². The monoisotopic (exact) mass is 313 g/mol. The Morgan fingerprint density at radius 3 is 2.74 bits per heavy atom. The van der Waals surface area contributed by atoms with E-state index in [9.17, 15) is 0 Å². The van der Waals surface area contributed by atoms with Crippen LogP contribution in [0.1, 0.15) is 5.56 Å². The summed E-state index contributed by atoms with van der Waals surface area (Å²) < 4.78 is 7.04. The number of ether oxygens (including phenoxy) is 1. The molecule has 0 aliphatic rings. The van der Waals surface area contributed by atoms with Crippen LogP contribution in [0.15, 0.2) is 59.2 Å². The average molecular weight is 314 g/mol. The van der Waals surface area contributed by atoms with Crippen LogP contribution >= 0.6 is 15.9 Å². The summed E-state index contributed by atoms with van der Waals surface area (Å²) in [5, 5.41) is 1.02. The van der Waals surface area contributed by atoms with Crippen molar-refractivity contribution in [3.05, 3.63) is 64.8 Å². The van der Waals surface area contributed by atoms with Crippen molar-refractivity contribution in [2.24, 2.45) is 0 Å². The Hall–Kier alpha value is -1.87. The Labute approximate surface area is 120 Å². The number of benzene rings is 2. The number of para-hydroxylation sites is 1. The molecular weight excluding hydrogens is 302 g/mol. The van der Waals surface area contributed by atoms with Crippen molar-refractivity contribution in [2.45, 2.75) is 6.92 Å². The van der Waals surface area contributed by atoms with Gasteiger partial charge < -0.3 is 4.74 Å². The highest BCUT2D eigenvalue weighted by Crippen LogP contribution is 2.31. The smallest absolute Gasteiger partial charge is 0.138 e. The fourth-order valence-electron chi connectivity index (χ4n) is 1.96. The van der Waals surface area contributed by atoms with E-state index >= 15 is 0 Å². The molecule has 1 aromatic heterocycles. The quantitative estimate of drug-likeness (QED) is 0.656. The van der Waals surface area contributed by atoms with Crippen molar-refractivity contribution in [3.63, 3.8) is 0 Å². The van der Waals surface area contributed by atoms with Gasteiger partial charge in [-0.25, -0.2) is 0 Å². The fraction of sp³-hybridized carbons (Fsp3) is 0.0625. The van der Waals surface area contributed by atoms with Crippen LogP contribution < -0.4 is 4.74 Å². The largest absolute Gasteiger partial charge is 0.456 e. The predicted molar refractivity (Wildman–Crippen MR) is 80.7 cm³/mol. The van der Waals surface area contributed by atoms with Crippen LogP contribution in [0.25, 0.3) is 10.9 Å². The third-order valence-corrected chi connectivity index (χ3v) is 3.47. The van der Waals surface area contributed by atoms with Gasteiger partial charge in [-0.05, 0) is 42.8 Å². The van der Waals surface area contributed by atoms with Crippen molar-refractivity contribution in [1.82, 2.24) is 4.98 Å². The molecule has 0 N–H and O–H groups in total. The van der Waals surface area contributed by atoms with Gasteiger partial charge in [0.05, 0.1) is 5.52 Å². The number of rotatable bonds is 2. The molecule has 3 aromatic rings. The third-order valence-electron chi connectivity index (χ3n) is 2.98. The maximum Gasteiger partial charge on any atom is 0.138 e. The maximum absolute atomic E-state index is 6.03. The molecule has 0 unspecified atom stereocenters. The van der Waals surface area contributed by atoms with Crippen molar-refractivity contribution in [2.75, 3.05) is 0 Å². The van der Waals surface area contributed by atoms with Crippen LogP contribution in [-0.2, 0) is 0 Å². The molecule has 1 heterocycles. The van der Waals surface area contributed by atoms with Gasteiger partial charge in [0.1, 0.15) is 11.5 Å². The second-order valence-electron chi connectivity index (χ2n) is 4.34. The Bertz CT molecular complexity index is 734. The van der Waals surface area contributed by atoms with Crippen LogP contribution in [0.4, 0.5) is 0 Å². The summed E-state index contributed by atoms with van der Waals surface area (Å²) >= 11 is 3.47. The zero-order chi connectivity index (χ0) is 13.2. The van der Waals surface area contributed by atoms with Crippen LogP contribution in [0.3, 0.4) is 0 Å². The lowest BCUT2D eigenvalue weighted by molar-refractivity contribution is 0.483. The van der Waals surface area contributed by atoms with E-state index in [1.54, 1.807) is 6.20 Å². The van der Waals surface area contributed by atoms with Crippen LogP contribution in [0.5, 0.6) is 11.5 Å². The predicted octanol–water partition coefficient (Wildman–Crippen LogP) is 5.10. The molecule has 0 aliphatic carbocycles. The van der Waals surface area contributed by atoms with E-state index in [-0.39, 0.29) is 0 Å². The molecular formula is C16H12BrNO. The molecule has 2 aromatic carbocycles. The molecule has 94 valence electrons. The van der Waals surface area contributed by atoms with Crippen LogP contribution in [0, 0.1) is 6.92 Å². The van der Waals surface area contributed by atoms with Gasteiger partial charge in [-0.3, -0.25) is 4.98 Å². The van der Waals surface area contributed by atoms with Gasteiger partial charge in [-0.2, -0.15) is 0 Å². The molecule has 0 spiro atoms. The molecule has 0 atom stereocenters. The SMILES string of the molecule is Cc1ccc(Br)cc1Oc1ccnc2ccccc12. The second kappa shape index (κ2) is 5.02. The molecule has 0 saturated heterocycles. The molecule has 0 fully saturated rings. The number of hydrogen-bond acceptors (Lipinski definition) is 2. The Morgan fingerprint density at radius 1 is 1.00 bits per heavy atom. The highest BCUT2D eigenvalue weighted by atomic mass is 79.9. The zero-order valence-electron chi connectivity index (χ0n) is 10.4. The minimum atomic E-state index is 0.826. The van der Waals surface area contributed by atoms with E-state index in [2.05, 4.69) is 20.9 Å². The van der Waals surface area contributed by atoms with E-state index in [0.29, 0.717) is 0 Å². The number of fused-ring (bicyclic) bond motifs is 1. The first kappa shape index (κ1) is 12.2. The van der Waals surface area contributed by atoms with Crippen molar-refractivity contribution in [1.29, 1.82) is 0 Å². The first-order valence-electron chi connectivity index (χ1n) is 6.02. The Balaban J connectivity index is 2.08. The molecule has 2 nitrogen and oxygen atoms in total. The fourth-order valence-corrected chi connectivity index (χ4v) is 2.30. The summed E-state index contributed by atoms with van der Waals surface area (Å²) in [6, 6.07) is 15.9. The molecule has 0 aliphatic heterocycles. The normalized spacial score (nSPS) is 10.6. The van der Waals surface area contributed by atoms with Crippen LogP contribution in [0.2, 0.25) is 0 Å². The lowest BCUT2D eigenvalue weighted by atomic mass is 10.2. The first-order valence-corrected chi connectivity index (χ1v) is 6.81. The summed E-state index contributed by atoms with van der Waals surface area (Å²) in [6.07, 6.45) is 1.77. The standard InChI is InChI=1S/C16H12BrNO/c1-11-6-7-12(17)10-16(11)19-15-8-9-18-14-5-3-2-4-13(14)15/h2-10H,1H3. The van der Waals surface area contributed by atoms with Gasteiger partial charge in [-0.15, -0.1) is 0 Å². The lowest BCUT2D eigenvalue weighted by Gasteiger charge is -2.11. The molecule has 0 bridgehead atoms. The topological polar surface area (TPSA) is 22.1 Å². The zero-order valence-corrected chi connectivity index (χ0v) is 12.0. The van der Waals surface area contributed by atoms with E-state index in [4.69, 9.17) is 4.74 Å². The number of aromatic nitrogens is 1. The molecule has 0 saturated carbocycles. The minimum absolute atomic E-state index is 0.826. The van der Waals surface area contributed by atoms with Gasteiger partial charge in [0, 0.05) is 16.1 Å². The third kappa shape index (κ3) is 2.47. The molecule has 3 rings (SSSR count). The summed E-state index contributed by atoms with van der Waals surface area (Å²) in [4.78, 5) is 4.33. The number of hydrogen-bond donors (Lipinski definition) is 0. The van der Waals surface area contributed by atoms with Gasteiger partial charge in [0.15, 0.2) is 0 Å². The summed E-state index contributed by atoms with van der Waals surface area (Å²) in [6.45, 7) is 2.03. The first-order chi connectivity index (χ1) is 9.24. The lowest BCUT2D eigenvalue weighted by Crippen LogP contribution is -1.90. The molecule has 3 heteroatoms. The summed E-state index contributed by atoms with van der Waals surface area (Å²) in [5.41, 5.74) is 2.04. The van der Waals surface area contributed by atoms with Crippen molar-refractivity contribution < 1.29 is 4.74 Å². The Morgan fingerprint density at radius 2 is 1.84 bits per heavy atom. The Kier molecular flexibility index (Phi) is 3.22. The van der Waals surface area contributed by atoms with Crippen LogP contribution in [-0.4, -0.2) is 4.98 Å². The van der Waals surface area contributed by atoms with Gasteiger partial charge in [-0.1, -0.05) is 34.1 Å². The van der Waals surface area contributed by atoms with Crippen molar-refractivity contribution >= 4 is 26.8 Å². The van der Waals surface area contributed by atoms with E-state index in [0.717, 1.165) is 32.4 Å². The number of halogens is 1. The summed E-state index contributed by atoms with van der Waals surface area (Å²) in [7, 11) is 0. The van der Waals surface area contributed by atoms with Gasteiger partial charge >= 0.3 is 0 Å². The molecule has 19 heavy (non-hydrogen) atoms. The van der Waals surface area contributed by atoms with Gasteiger partial charge in [0.2, 0.25) is 0 Å². The number of pyridine rings is 1. The van der Waals surface area contributed by atoms with E-state index in [1.165, 1.54) is 0 Å². The second-order valence-corrected chi connectivity index (χ2v) is 5.25. The summed E-state index contributed by atoms with van der Waals surface area (Å²) in [5.74, 6) is 1.68. The number of aryl methyl sites for hydroxylation is 1. The minimum Gasteiger partial charge on any atom is -0.456 e. The average Bonchev–Trinajstić information content (AvgIpc) is 2.43.